The van der Waals surface area contributed by atoms with E-state index in [0.717, 1.165) is 12.4 Å². The van der Waals surface area contributed by atoms with E-state index < -0.39 is 0 Å². The maximum atomic E-state index is 5.37. The van der Waals surface area contributed by atoms with Crippen LogP contribution in [0.2, 0.25) is 0 Å². The average molecular weight is 261 g/mol. The van der Waals surface area contributed by atoms with E-state index in [1.165, 1.54) is 17.3 Å². The third-order valence-electron chi connectivity index (χ3n) is 2.35. The Kier molecular flexibility index (Phi) is 4.38. The van der Waals surface area contributed by atoms with Crippen molar-refractivity contribution in [2.45, 2.75) is 11.7 Å². The van der Waals surface area contributed by atoms with Crippen LogP contribution in [0.25, 0.3) is 0 Å². The van der Waals surface area contributed by atoms with E-state index in [0.29, 0.717) is 11.0 Å². The summed E-state index contributed by atoms with van der Waals surface area (Å²) in [5.74, 6) is 6.73. The minimum Gasteiger partial charge on any atom is -0.366 e. The van der Waals surface area contributed by atoms with Gasteiger partial charge < -0.3 is 10.7 Å². The smallest absolute Gasteiger partial charge is 0.191 e. The molecule has 4 N–H and O–H groups in total. The maximum absolute atomic E-state index is 5.37. The molecule has 0 amide bonds. The predicted octanol–water partition coefficient (Wildman–Crippen LogP) is 2.10. The van der Waals surface area contributed by atoms with Gasteiger partial charge in [-0.1, -0.05) is 42.1 Å². The highest BCUT2D eigenvalue weighted by molar-refractivity contribution is 7.98. The molecule has 0 aliphatic rings. The van der Waals surface area contributed by atoms with Crippen LogP contribution in [0.15, 0.2) is 41.6 Å². The molecule has 0 aliphatic carbocycles. The number of hydrogen-bond acceptors (Lipinski definition) is 6. The Labute approximate surface area is 110 Å². The molecular formula is C12H15N5S. The summed E-state index contributed by atoms with van der Waals surface area (Å²) in [7, 11) is 0. The summed E-state index contributed by atoms with van der Waals surface area (Å²) in [5, 5.41) is 3.93. The van der Waals surface area contributed by atoms with Gasteiger partial charge in [-0.05, 0) is 11.8 Å². The molecule has 0 unspecified atom stereocenters. The minimum absolute atomic E-state index is 0.602. The second kappa shape index (κ2) is 6.23. The first-order valence-corrected chi connectivity index (χ1v) is 6.72. The van der Waals surface area contributed by atoms with Crippen molar-refractivity contribution in [1.82, 2.24) is 9.97 Å². The quantitative estimate of drug-likeness (QED) is 0.331. The van der Waals surface area contributed by atoms with Gasteiger partial charge in [0, 0.05) is 12.6 Å². The van der Waals surface area contributed by atoms with Gasteiger partial charge in [0.05, 0.1) is 0 Å². The molecular weight excluding hydrogens is 246 g/mol. The highest BCUT2D eigenvalue weighted by Crippen LogP contribution is 2.17. The van der Waals surface area contributed by atoms with Crippen LogP contribution in [0.3, 0.4) is 0 Å². The topological polar surface area (TPSA) is 75.9 Å². The number of anilines is 2. The lowest BCUT2D eigenvalue weighted by atomic mass is 10.2. The highest BCUT2D eigenvalue weighted by Gasteiger charge is 2.02. The number of aromatic nitrogens is 2. The van der Waals surface area contributed by atoms with Gasteiger partial charge >= 0.3 is 0 Å². The molecule has 0 spiro atoms. The largest absolute Gasteiger partial charge is 0.366 e. The Morgan fingerprint density at radius 2 is 1.89 bits per heavy atom. The Balaban J connectivity index is 2.09. The molecule has 1 aromatic carbocycles. The van der Waals surface area contributed by atoms with Crippen LogP contribution in [0.1, 0.15) is 5.56 Å². The average Bonchev–Trinajstić information content (AvgIpc) is 2.45. The molecule has 1 heterocycles. The Hall–Kier alpha value is -1.79. The number of nitrogen functional groups attached to an aromatic ring is 1. The molecule has 6 heteroatoms. The lowest BCUT2D eigenvalue weighted by Crippen LogP contribution is -2.11. The summed E-state index contributed by atoms with van der Waals surface area (Å²) in [4.78, 5) is 8.56. The lowest BCUT2D eigenvalue weighted by Gasteiger charge is -2.08. The number of hydrazine groups is 1. The van der Waals surface area contributed by atoms with Crippen molar-refractivity contribution in [3.8, 4) is 0 Å². The van der Waals surface area contributed by atoms with Crippen LogP contribution in [-0.2, 0) is 6.54 Å². The minimum atomic E-state index is 0.602. The normalized spacial score (nSPS) is 10.1. The lowest BCUT2D eigenvalue weighted by molar-refractivity contribution is 0.953. The Morgan fingerprint density at radius 1 is 1.17 bits per heavy atom. The third kappa shape index (κ3) is 3.35. The zero-order valence-electron chi connectivity index (χ0n) is 10.1. The number of thioether (sulfide) groups is 1. The van der Waals surface area contributed by atoms with Crippen molar-refractivity contribution in [1.29, 1.82) is 0 Å². The van der Waals surface area contributed by atoms with Crippen molar-refractivity contribution in [3.05, 3.63) is 42.0 Å². The molecule has 0 fully saturated rings. The predicted molar refractivity (Wildman–Crippen MR) is 75.4 cm³/mol. The summed E-state index contributed by atoms with van der Waals surface area (Å²) < 4.78 is 0. The molecule has 5 nitrogen and oxygen atoms in total. The van der Waals surface area contributed by atoms with E-state index in [1.807, 2.05) is 24.5 Å². The van der Waals surface area contributed by atoms with E-state index in [9.17, 15) is 0 Å². The number of benzene rings is 1. The van der Waals surface area contributed by atoms with Crippen molar-refractivity contribution >= 4 is 23.4 Å². The molecule has 2 rings (SSSR count). The second-order valence-electron chi connectivity index (χ2n) is 3.61. The number of nitrogens with one attached hydrogen (secondary N) is 2. The maximum Gasteiger partial charge on any atom is 0.191 e. The highest BCUT2D eigenvalue weighted by atomic mass is 32.2. The fraction of sp³-hybridized carbons (Fsp3) is 0.167. The number of nitrogens with two attached hydrogens (primary N) is 1. The third-order valence-corrected chi connectivity index (χ3v) is 2.90. The zero-order chi connectivity index (χ0) is 12.8. The second-order valence-corrected chi connectivity index (χ2v) is 4.38. The standard InChI is InChI=1S/C12H15N5S/c1-18-12-15-10(7-11(16-12)17-13)14-8-9-5-3-2-4-6-9/h2-7H,8,13H2,1H3,(H2,14,15,16,17). The number of nitrogens with zero attached hydrogens (tertiary/aromatic N) is 2. The van der Waals surface area contributed by atoms with Crippen molar-refractivity contribution in [2.75, 3.05) is 17.0 Å². The Bertz CT molecular complexity index is 481. The van der Waals surface area contributed by atoms with Gasteiger partial charge in [-0.25, -0.2) is 15.8 Å². The first kappa shape index (κ1) is 12.7. The number of rotatable bonds is 5. The van der Waals surface area contributed by atoms with Crippen LogP contribution >= 0.6 is 11.8 Å². The first-order chi connectivity index (χ1) is 8.81. The summed E-state index contributed by atoms with van der Waals surface area (Å²) in [5.41, 5.74) is 3.73. The first-order valence-electron chi connectivity index (χ1n) is 5.49. The van der Waals surface area contributed by atoms with Crippen LogP contribution < -0.4 is 16.6 Å². The molecule has 0 saturated heterocycles. The molecule has 0 bridgehead atoms. The fourth-order valence-electron chi connectivity index (χ4n) is 1.47. The van der Waals surface area contributed by atoms with Crippen LogP contribution in [0, 0.1) is 0 Å². The molecule has 94 valence electrons. The van der Waals surface area contributed by atoms with Gasteiger partial charge in [0.15, 0.2) is 5.16 Å². The molecule has 0 atom stereocenters. The molecule has 2 aromatic rings. The zero-order valence-corrected chi connectivity index (χ0v) is 10.9. The van der Waals surface area contributed by atoms with E-state index in [2.05, 4.69) is 32.8 Å². The van der Waals surface area contributed by atoms with Gasteiger partial charge in [-0.2, -0.15) is 0 Å². The van der Waals surface area contributed by atoms with E-state index in [4.69, 9.17) is 5.84 Å². The van der Waals surface area contributed by atoms with Crippen molar-refractivity contribution in [2.24, 2.45) is 5.84 Å². The molecule has 0 radical (unpaired) electrons. The fourth-order valence-corrected chi connectivity index (χ4v) is 1.85. The summed E-state index contributed by atoms with van der Waals surface area (Å²) in [6, 6.07) is 11.9. The SMILES string of the molecule is CSc1nc(NN)cc(NCc2ccccc2)n1. The molecule has 1 aromatic heterocycles. The summed E-state index contributed by atoms with van der Waals surface area (Å²) in [6.07, 6.45) is 1.93. The van der Waals surface area contributed by atoms with E-state index in [-0.39, 0.29) is 0 Å². The van der Waals surface area contributed by atoms with Crippen LogP contribution in [0.4, 0.5) is 11.6 Å². The molecule has 18 heavy (non-hydrogen) atoms. The van der Waals surface area contributed by atoms with Crippen molar-refractivity contribution < 1.29 is 0 Å². The Morgan fingerprint density at radius 3 is 2.56 bits per heavy atom. The summed E-state index contributed by atoms with van der Waals surface area (Å²) in [6.45, 7) is 0.718. The van der Waals surface area contributed by atoms with Crippen LogP contribution in [-0.4, -0.2) is 16.2 Å². The molecule has 0 saturated carbocycles. The van der Waals surface area contributed by atoms with Gasteiger partial charge in [-0.3, -0.25) is 0 Å². The van der Waals surface area contributed by atoms with Gasteiger partial charge in [0.2, 0.25) is 0 Å². The van der Waals surface area contributed by atoms with Crippen molar-refractivity contribution in [3.63, 3.8) is 0 Å². The summed E-state index contributed by atoms with van der Waals surface area (Å²) >= 11 is 1.48. The monoisotopic (exact) mass is 261 g/mol. The van der Waals surface area contributed by atoms with Gasteiger partial charge in [0.1, 0.15) is 11.6 Å². The number of hydrogen-bond donors (Lipinski definition) is 3. The van der Waals surface area contributed by atoms with Crippen LogP contribution in [0.5, 0.6) is 0 Å². The van der Waals surface area contributed by atoms with E-state index >= 15 is 0 Å². The van der Waals surface area contributed by atoms with Gasteiger partial charge in [-0.15, -0.1) is 0 Å². The van der Waals surface area contributed by atoms with E-state index in [1.54, 1.807) is 6.07 Å². The van der Waals surface area contributed by atoms with Gasteiger partial charge in [0.25, 0.3) is 0 Å². The molecule has 0 aliphatic heterocycles.